The summed E-state index contributed by atoms with van der Waals surface area (Å²) in [4.78, 5) is 34.8. The van der Waals surface area contributed by atoms with E-state index in [4.69, 9.17) is 0 Å². The highest BCUT2D eigenvalue weighted by atomic mass is 16.6. The second-order valence-electron chi connectivity index (χ2n) is 4.88. The first-order valence-electron chi connectivity index (χ1n) is 7.46. The number of rotatable bonds is 2. The first kappa shape index (κ1) is 16.7. The topological polar surface area (TPSA) is 91.4 Å². The molecule has 7 nitrogen and oxygen atoms in total. The van der Waals surface area contributed by atoms with Crippen LogP contribution in [0.2, 0.25) is 0 Å². The summed E-state index contributed by atoms with van der Waals surface area (Å²) in [5.41, 5.74) is 0.333. The molecule has 0 saturated carbocycles. The third-order valence-electron chi connectivity index (χ3n) is 3.73. The minimum atomic E-state index is -0.782. The van der Waals surface area contributed by atoms with Crippen molar-refractivity contribution in [2.45, 2.75) is 33.2 Å². The molecule has 0 saturated heterocycles. The quantitative estimate of drug-likeness (QED) is 0.482. The Bertz CT molecular complexity index is 838. The molecule has 0 unspecified atom stereocenters. The molecule has 0 bridgehead atoms. The van der Waals surface area contributed by atoms with E-state index < -0.39 is 16.3 Å². The van der Waals surface area contributed by atoms with E-state index in [0.29, 0.717) is 12.1 Å². The summed E-state index contributed by atoms with van der Waals surface area (Å²) in [6.07, 6.45) is 3.04. The number of nitro groups is 1. The number of aryl methyl sites for hydroxylation is 2. The van der Waals surface area contributed by atoms with Crippen molar-refractivity contribution in [1.29, 1.82) is 0 Å². The second kappa shape index (κ2) is 6.60. The van der Waals surface area contributed by atoms with E-state index in [0.717, 1.165) is 18.4 Å². The molecule has 122 valence electrons. The molecule has 2 heterocycles. The Labute approximate surface area is 132 Å². The number of benzene rings is 1. The Morgan fingerprint density at radius 1 is 1.35 bits per heavy atom. The van der Waals surface area contributed by atoms with E-state index in [1.165, 1.54) is 19.4 Å². The van der Waals surface area contributed by atoms with Crippen LogP contribution < -0.4 is 5.43 Å². The number of nitro benzene ring substituents is 1. The average Bonchev–Trinajstić information content (AvgIpc) is 2.58. The van der Waals surface area contributed by atoms with Crippen LogP contribution in [0.25, 0.3) is 10.9 Å². The predicted octanol–water partition coefficient (Wildman–Crippen LogP) is 2.67. The number of esters is 1. The van der Waals surface area contributed by atoms with Crippen molar-refractivity contribution in [3.8, 4) is 0 Å². The third-order valence-corrected chi connectivity index (χ3v) is 3.73. The van der Waals surface area contributed by atoms with Crippen LogP contribution in [0.1, 0.15) is 36.2 Å². The molecule has 1 aliphatic heterocycles. The Morgan fingerprint density at radius 2 is 2.04 bits per heavy atom. The van der Waals surface area contributed by atoms with Gasteiger partial charge in [0, 0.05) is 18.8 Å². The Balaban J connectivity index is 0.000000924. The van der Waals surface area contributed by atoms with Gasteiger partial charge in [0.1, 0.15) is 10.9 Å². The summed E-state index contributed by atoms with van der Waals surface area (Å²) in [6, 6.07) is 3.00. The highest BCUT2D eigenvalue weighted by molar-refractivity contribution is 5.98. The van der Waals surface area contributed by atoms with Gasteiger partial charge in [-0.25, -0.2) is 4.79 Å². The molecule has 23 heavy (non-hydrogen) atoms. The summed E-state index contributed by atoms with van der Waals surface area (Å²) >= 11 is 0. The van der Waals surface area contributed by atoms with E-state index in [1.807, 2.05) is 13.8 Å². The van der Waals surface area contributed by atoms with Crippen LogP contribution in [-0.4, -0.2) is 22.6 Å². The molecule has 0 atom stereocenters. The summed E-state index contributed by atoms with van der Waals surface area (Å²) < 4.78 is 6.32. The van der Waals surface area contributed by atoms with Crippen LogP contribution in [0.15, 0.2) is 23.1 Å². The van der Waals surface area contributed by atoms with Crippen LogP contribution in [0.4, 0.5) is 5.69 Å². The average molecular weight is 318 g/mol. The van der Waals surface area contributed by atoms with Gasteiger partial charge in [-0.1, -0.05) is 19.9 Å². The molecule has 2 aromatic rings. The van der Waals surface area contributed by atoms with Crippen LogP contribution >= 0.6 is 0 Å². The summed E-state index contributed by atoms with van der Waals surface area (Å²) in [5.74, 6) is -0.782. The Morgan fingerprint density at radius 3 is 2.65 bits per heavy atom. The van der Waals surface area contributed by atoms with Gasteiger partial charge in [-0.2, -0.15) is 0 Å². The van der Waals surface area contributed by atoms with E-state index >= 15 is 0 Å². The fraction of sp³-hybridized carbons (Fsp3) is 0.375. The molecule has 3 rings (SSSR count). The van der Waals surface area contributed by atoms with Gasteiger partial charge in [0.15, 0.2) is 0 Å². The molecule has 0 aliphatic carbocycles. The summed E-state index contributed by atoms with van der Waals surface area (Å²) in [7, 11) is 1.17. The minimum Gasteiger partial charge on any atom is -0.465 e. The number of hydrogen-bond donors (Lipinski definition) is 0. The van der Waals surface area contributed by atoms with Gasteiger partial charge in [0.25, 0.3) is 5.69 Å². The van der Waals surface area contributed by atoms with Crippen molar-refractivity contribution in [2.24, 2.45) is 0 Å². The molecular weight excluding hydrogens is 300 g/mol. The molecule has 0 fully saturated rings. The van der Waals surface area contributed by atoms with Crippen LogP contribution in [-0.2, 0) is 17.7 Å². The maximum atomic E-state index is 12.5. The van der Waals surface area contributed by atoms with E-state index in [2.05, 4.69) is 4.74 Å². The molecule has 0 amide bonds. The van der Waals surface area contributed by atoms with Crippen molar-refractivity contribution < 1.29 is 14.5 Å². The lowest BCUT2D eigenvalue weighted by Crippen LogP contribution is -2.23. The van der Waals surface area contributed by atoms with Gasteiger partial charge in [0.05, 0.1) is 17.5 Å². The molecule has 1 aliphatic rings. The normalized spacial score (nSPS) is 12.3. The molecule has 7 heteroatoms. The molecule has 0 spiro atoms. The molecule has 0 N–H and O–H groups in total. The van der Waals surface area contributed by atoms with E-state index in [9.17, 15) is 19.7 Å². The van der Waals surface area contributed by atoms with Gasteiger partial charge in [0.2, 0.25) is 5.43 Å². The van der Waals surface area contributed by atoms with Crippen molar-refractivity contribution in [3.05, 3.63) is 49.8 Å². The van der Waals surface area contributed by atoms with Crippen molar-refractivity contribution in [3.63, 3.8) is 0 Å². The van der Waals surface area contributed by atoms with Gasteiger partial charge < -0.3 is 9.30 Å². The van der Waals surface area contributed by atoms with Gasteiger partial charge in [-0.3, -0.25) is 14.9 Å². The van der Waals surface area contributed by atoms with E-state index in [-0.39, 0.29) is 16.6 Å². The largest absolute Gasteiger partial charge is 0.465 e. The minimum absolute atomic E-state index is 0.0138. The van der Waals surface area contributed by atoms with E-state index in [1.54, 1.807) is 10.6 Å². The maximum Gasteiger partial charge on any atom is 0.343 e. The molecule has 1 aromatic carbocycles. The Hall–Kier alpha value is -2.70. The first-order valence-corrected chi connectivity index (χ1v) is 7.46. The maximum absolute atomic E-state index is 12.5. The van der Waals surface area contributed by atoms with Crippen molar-refractivity contribution >= 4 is 22.6 Å². The SMILES string of the molecule is CC.COC(=O)c1cn2c3c(ccc([N+](=O)[O-])c3c1=O)CCC2. The van der Waals surface area contributed by atoms with Gasteiger partial charge in [-0.05, 0) is 18.4 Å². The molecular formula is C16H18N2O5. The fourth-order valence-corrected chi connectivity index (χ4v) is 2.81. The number of carbonyl (C=O) groups excluding carboxylic acids is 1. The third kappa shape index (κ3) is 2.69. The zero-order chi connectivity index (χ0) is 17.1. The monoisotopic (exact) mass is 318 g/mol. The standard InChI is InChI=1S/C14H12N2O5.C2H6/c1-21-14(18)9-7-15-6-2-3-8-4-5-10(16(19)20)11(12(8)15)13(9)17;1-2/h4-5,7H,2-3,6H2,1H3;1-2H3. The zero-order valence-electron chi connectivity index (χ0n) is 13.3. The number of aromatic nitrogens is 1. The molecule has 0 radical (unpaired) electrons. The second-order valence-corrected chi connectivity index (χ2v) is 4.88. The number of pyridine rings is 1. The van der Waals surface area contributed by atoms with Crippen LogP contribution in [0, 0.1) is 10.1 Å². The lowest BCUT2D eigenvalue weighted by Gasteiger charge is -2.20. The lowest BCUT2D eigenvalue weighted by molar-refractivity contribution is -0.383. The first-order chi connectivity index (χ1) is 11.0. The van der Waals surface area contributed by atoms with Crippen LogP contribution in [0.3, 0.4) is 0 Å². The number of non-ortho nitro benzene ring substituents is 1. The summed E-state index contributed by atoms with van der Waals surface area (Å²) in [5, 5.41) is 11.2. The van der Waals surface area contributed by atoms with Gasteiger partial charge in [-0.15, -0.1) is 0 Å². The predicted molar refractivity (Wildman–Crippen MR) is 85.9 cm³/mol. The Kier molecular flexibility index (Phi) is 4.78. The number of hydrogen-bond acceptors (Lipinski definition) is 5. The molecule has 1 aromatic heterocycles. The highest BCUT2D eigenvalue weighted by Crippen LogP contribution is 2.30. The number of carbonyl (C=O) groups is 1. The van der Waals surface area contributed by atoms with Gasteiger partial charge >= 0.3 is 5.97 Å². The highest BCUT2D eigenvalue weighted by Gasteiger charge is 2.26. The van der Waals surface area contributed by atoms with Crippen molar-refractivity contribution in [1.82, 2.24) is 4.57 Å². The summed E-state index contributed by atoms with van der Waals surface area (Å²) in [6.45, 7) is 4.61. The lowest BCUT2D eigenvalue weighted by atomic mass is 9.98. The van der Waals surface area contributed by atoms with Crippen LogP contribution in [0.5, 0.6) is 0 Å². The smallest absolute Gasteiger partial charge is 0.343 e. The van der Waals surface area contributed by atoms with Crippen molar-refractivity contribution in [2.75, 3.05) is 7.11 Å². The number of nitrogens with zero attached hydrogens (tertiary/aromatic N) is 2. The number of ether oxygens (including phenoxy) is 1. The zero-order valence-corrected chi connectivity index (χ0v) is 13.3. The number of methoxy groups -OCH3 is 1. The fourth-order valence-electron chi connectivity index (χ4n) is 2.81.